The maximum atomic E-state index is 8.33. The van der Waals surface area contributed by atoms with Crippen LogP contribution in [0.5, 0.6) is 0 Å². The van der Waals surface area contributed by atoms with E-state index in [2.05, 4.69) is 13.0 Å². The summed E-state index contributed by atoms with van der Waals surface area (Å²) in [4.78, 5) is 0. The average molecular weight is 138 g/mol. The lowest BCUT2D eigenvalue weighted by Crippen LogP contribution is -1.67. The van der Waals surface area contributed by atoms with E-state index in [4.69, 9.17) is 5.11 Å². The molecule has 10 heavy (non-hydrogen) atoms. The Morgan fingerprint density at radius 1 is 1.00 bits per heavy atom. The van der Waals surface area contributed by atoms with Gasteiger partial charge in [0.05, 0.1) is 6.61 Å². The van der Waals surface area contributed by atoms with E-state index in [0.29, 0.717) is 0 Å². The van der Waals surface area contributed by atoms with Crippen molar-refractivity contribution in [3.8, 4) is 0 Å². The third-order valence-corrected chi connectivity index (χ3v) is 0.947. The molecule has 0 heterocycles. The maximum Gasteiger partial charge on any atom is 0.0615 e. The van der Waals surface area contributed by atoms with Crippen molar-refractivity contribution >= 4 is 0 Å². The summed E-state index contributed by atoms with van der Waals surface area (Å²) in [7, 11) is 0. The number of rotatable bonds is 4. The highest BCUT2D eigenvalue weighted by Crippen LogP contribution is 1.82. The van der Waals surface area contributed by atoms with Crippen molar-refractivity contribution in [1.82, 2.24) is 0 Å². The molecule has 0 aliphatic rings. The van der Waals surface area contributed by atoms with Crippen LogP contribution in [0.2, 0.25) is 0 Å². The molecule has 0 radical (unpaired) electrons. The minimum absolute atomic E-state index is 0.113. The molecule has 56 valence electrons. The molecule has 0 atom stereocenters. The molecule has 0 aliphatic carbocycles. The van der Waals surface area contributed by atoms with Crippen LogP contribution in [-0.2, 0) is 0 Å². The number of hydrogen-bond donors (Lipinski definition) is 1. The molecule has 0 spiro atoms. The lowest BCUT2D eigenvalue weighted by molar-refractivity contribution is 0.343. The van der Waals surface area contributed by atoms with E-state index >= 15 is 0 Å². The molecule has 0 aromatic rings. The summed E-state index contributed by atoms with van der Waals surface area (Å²) in [5.41, 5.74) is 0. The van der Waals surface area contributed by atoms with Crippen LogP contribution in [0.1, 0.15) is 13.3 Å². The number of hydrogen-bond acceptors (Lipinski definition) is 1. The molecule has 0 aliphatic heterocycles. The molecule has 1 heteroatoms. The Bertz CT molecular complexity index is 116. The predicted octanol–water partition coefficient (Wildman–Crippen LogP) is 2.06. The van der Waals surface area contributed by atoms with Gasteiger partial charge in [0.25, 0.3) is 0 Å². The van der Waals surface area contributed by atoms with E-state index < -0.39 is 0 Å². The molecule has 0 saturated heterocycles. The molecular weight excluding hydrogens is 124 g/mol. The highest BCUT2D eigenvalue weighted by atomic mass is 16.2. The first kappa shape index (κ1) is 9.18. The summed E-state index contributed by atoms with van der Waals surface area (Å²) >= 11 is 0. The zero-order valence-corrected chi connectivity index (χ0v) is 6.33. The Kier molecular flexibility index (Phi) is 7.51. The Hall–Kier alpha value is -0.820. The quantitative estimate of drug-likeness (QED) is 0.589. The Balaban J connectivity index is 3.37. The SMILES string of the molecule is CC/C=C/C=C/C=C/CO. The van der Waals surface area contributed by atoms with Gasteiger partial charge in [-0.3, -0.25) is 0 Å². The van der Waals surface area contributed by atoms with Gasteiger partial charge in [-0.05, 0) is 6.42 Å². The lowest BCUT2D eigenvalue weighted by atomic mass is 10.3. The Morgan fingerprint density at radius 2 is 1.60 bits per heavy atom. The van der Waals surface area contributed by atoms with Gasteiger partial charge in [-0.1, -0.05) is 43.4 Å². The van der Waals surface area contributed by atoms with Crippen molar-refractivity contribution < 1.29 is 5.11 Å². The van der Waals surface area contributed by atoms with Gasteiger partial charge in [0, 0.05) is 0 Å². The molecular formula is C9H14O. The molecule has 1 N–H and O–H groups in total. The molecule has 0 unspecified atom stereocenters. The first-order valence-corrected chi connectivity index (χ1v) is 3.51. The summed E-state index contributed by atoms with van der Waals surface area (Å²) in [6, 6.07) is 0. The summed E-state index contributed by atoms with van der Waals surface area (Å²) in [6.45, 7) is 2.20. The van der Waals surface area contributed by atoms with E-state index in [0.717, 1.165) is 6.42 Å². The van der Waals surface area contributed by atoms with Gasteiger partial charge in [-0.25, -0.2) is 0 Å². The second kappa shape index (κ2) is 8.18. The number of aliphatic hydroxyl groups is 1. The Labute approximate surface area is 62.4 Å². The standard InChI is InChI=1S/C9H14O/c1-2-3-4-5-6-7-8-9-10/h3-8,10H,2,9H2,1H3/b4-3+,6-5+,8-7+. The van der Waals surface area contributed by atoms with E-state index in [1.54, 1.807) is 6.08 Å². The number of aliphatic hydroxyl groups excluding tert-OH is 1. The normalized spacial score (nSPS) is 12.6. The van der Waals surface area contributed by atoms with E-state index in [1.165, 1.54) is 0 Å². The maximum absolute atomic E-state index is 8.33. The fourth-order valence-corrected chi connectivity index (χ4v) is 0.482. The lowest BCUT2D eigenvalue weighted by Gasteiger charge is -1.75. The largest absolute Gasteiger partial charge is 0.392 e. The molecule has 0 aromatic heterocycles. The van der Waals surface area contributed by atoms with Gasteiger partial charge in [0.2, 0.25) is 0 Å². The van der Waals surface area contributed by atoms with Crippen LogP contribution in [-0.4, -0.2) is 11.7 Å². The fourth-order valence-electron chi connectivity index (χ4n) is 0.482. The van der Waals surface area contributed by atoms with Gasteiger partial charge in [-0.2, -0.15) is 0 Å². The molecule has 0 rings (SSSR count). The van der Waals surface area contributed by atoms with Gasteiger partial charge in [0.1, 0.15) is 0 Å². The second-order valence-corrected chi connectivity index (χ2v) is 1.83. The summed E-state index contributed by atoms with van der Waals surface area (Å²) < 4.78 is 0. The van der Waals surface area contributed by atoms with Crippen molar-refractivity contribution in [3.63, 3.8) is 0 Å². The van der Waals surface area contributed by atoms with Crippen molar-refractivity contribution in [2.75, 3.05) is 6.61 Å². The molecule has 1 nitrogen and oxygen atoms in total. The van der Waals surface area contributed by atoms with Crippen molar-refractivity contribution in [2.45, 2.75) is 13.3 Å². The second-order valence-electron chi connectivity index (χ2n) is 1.83. The van der Waals surface area contributed by atoms with E-state index in [-0.39, 0.29) is 6.61 Å². The molecule has 0 amide bonds. The Morgan fingerprint density at radius 3 is 2.10 bits per heavy atom. The van der Waals surface area contributed by atoms with Crippen molar-refractivity contribution in [3.05, 3.63) is 36.5 Å². The molecule has 0 saturated carbocycles. The van der Waals surface area contributed by atoms with Crippen LogP contribution in [0.15, 0.2) is 36.5 Å². The minimum Gasteiger partial charge on any atom is -0.392 e. The average Bonchev–Trinajstić information content (AvgIpc) is 1.97. The van der Waals surface area contributed by atoms with Gasteiger partial charge >= 0.3 is 0 Å². The summed E-state index contributed by atoms with van der Waals surface area (Å²) in [6.07, 6.45) is 12.5. The molecule has 0 fully saturated rings. The van der Waals surface area contributed by atoms with Gasteiger partial charge in [-0.15, -0.1) is 0 Å². The first-order chi connectivity index (χ1) is 4.91. The highest BCUT2D eigenvalue weighted by molar-refractivity contribution is 5.10. The van der Waals surface area contributed by atoms with Gasteiger partial charge < -0.3 is 5.11 Å². The van der Waals surface area contributed by atoms with Crippen LogP contribution in [0.25, 0.3) is 0 Å². The van der Waals surface area contributed by atoms with Crippen molar-refractivity contribution in [2.24, 2.45) is 0 Å². The monoisotopic (exact) mass is 138 g/mol. The van der Waals surface area contributed by atoms with Crippen LogP contribution in [0, 0.1) is 0 Å². The topological polar surface area (TPSA) is 20.2 Å². The first-order valence-electron chi connectivity index (χ1n) is 3.51. The smallest absolute Gasteiger partial charge is 0.0615 e. The van der Waals surface area contributed by atoms with E-state index in [1.807, 2.05) is 24.3 Å². The predicted molar refractivity (Wildman–Crippen MR) is 44.8 cm³/mol. The van der Waals surface area contributed by atoms with Crippen LogP contribution >= 0.6 is 0 Å². The molecule has 0 bridgehead atoms. The highest BCUT2D eigenvalue weighted by Gasteiger charge is 1.63. The van der Waals surface area contributed by atoms with Crippen LogP contribution < -0.4 is 0 Å². The summed E-state index contributed by atoms with van der Waals surface area (Å²) in [5, 5.41) is 8.33. The molecule has 0 aromatic carbocycles. The van der Waals surface area contributed by atoms with Crippen LogP contribution in [0.3, 0.4) is 0 Å². The minimum atomic E-state index is 0.113. The van der Waals surface area contributed by atoms with Crippen LogP contribution in [0.4, 0.5) is 0 Å². The third kappa shape index (κ3) is 7.18. The van der Waals surface area contributed by atoms with E-state index in [9.17, 15) is 0 Å². The fraction of sp³-hybridized carbons (Fsp3) is 0.333. The number of allylic oxidation sites excluding steroid dienone is 5. The zero-order chi connectivity index (χ0) is 7.66. The van der Waals surface area contributed by atoms with Gasteiger partial charge in [0.15, 0.2) is 0 Å². The third-order valence-electron chi connectivity index (χ3n) is 0.947. The van der Waals surface area contributed by atoms with Crippen molar-refractivity contribution in [1.29, 1.82) is 0 Å². The summed E-state index contributed by atoms with van der Waals surface area (Å²) in [5.74, 6) is 0. The zero-order valence-electron chi connectivity index (χ0n) is 6.33.